The molecule has 15 heavy (non-hydrogen) atoms. The molecule has 1 atom stereocenters. The summed E-state index contributed by atoms with van der Waals surface area (Å²) < 4.78 is 4.50. The topological polar surface area (TPSA) is 69.4 Å². The fraction of sp³-hybridized carbons (Fsp3) is 0.444. The van der Waals surface area contributed by atoms with Crippen molar-refractivity contribution in [2.45, 2.75) is 12.3 Å². The molecule has 0 amide bonds. The fourth-order valence-electron chi connectivity index (χ4n) is 1.26. The predicted molar refractivity (Wildman–Crippen MR) is 55.6 cm³/mol. The molecule has 0 N–H and O–H groups in total. The van der Waals surface area contributed by atoms with Gasteiger partial charge in [-0.15, -0.1) is 0 Å². The standard InChI is InChI=1S/C9H11NO4S/c1-14-9(11)4-8(5-10(12)13)7-2-3-15-6-7/h2-3,6,8H,4-5H2,1H3. The lowest BCUT2D eigenvalue weighted by Crippen LogP contribution is -2.16. The van der Waals surface area contributed by atoms with Crippen molar-refractivity contribution in [2.24, 2.45) is 0 Å². The summed E-state index contributed by atoms with van der Waals surface area (Å²) in [4.78, 5) is 21.1. The van der Waals surface area contributed by atoms with E-state index in [-0.39, 0.29) is 13.0 Å². The quantitative estimate of drug-likeness (QED) is 0.437. The van der Waals surface area contributed by atoms with E-state index < -0.39 is 16.8 Å². The molecule has 82 valence electrons. The van der Waals surface area contributed by atoms with Gasteiger partial charge in [-0.05, 0) is 22.4 Å². The van der Waals surface area contributed by atoms with E-state index >= 15 is 0 Å². The van der Waals surface area contributed by atoms with E-state index in [0.717, 1.165) is 5.56 Å². The third-order valence-corrected chi connectivity index (χ3v) is 2.73. The molecule has 5 nitrogen and oxygen atoms in total. The SMILES string of the molecule is COC(=O)CC(C[N+](=O)[O-])c1ccsc1. The first-order chi connectivity index (χ1) is 7.13. The maximum absolute atomic E-state index is 11.1. The van der Waals surface area contributed by atoms with E-state index in [1.807, 2.05) is 10.8 Å². The molecular formula is C9H11NO4S. The van der Waals surface area contributed by atoms with Crippen molar-refractivity contribution in [3.05, 3.63) is 32.5 Å². The maximum Gasteiger partial charge on any atom is 0.306 e. The zero-order chi connectivity index (χ0) is 11.3. The minimum absolute atomic E-state index is 0.0498. The molecule has 0 aliphatic rings. The van der Waals surface area contributed by atoms with Gasteiger partial charge < -0.3 is 4.74 Å². The number of ether oxygens (including phenoxy) is 1. The molecule has 1 heterocycles. The molecular weight excluding hydrogens is 218 g/mol. The van der Waals surface area contributed by atoms with Gasteiger partial charge in [0.05, 0.1) is 19.4 Å². The van der Waals surface area contributed by atoms with Gasteiger partial charge in [-0.3, -0.25) is 14.9 Å². The van der Waals surface area contributed by atoms with Gasteiger partial charge in [0.15, 0.2) is 0 Å². The van der Waals surface area contributed by atoms with E-state index in [0.29, 0.717) is 0 Å². The van der Waals surface area contributed by atoms with Crippen LogP contribution in [0.2, 0.25) is 0 Å². The van der Waals surface area contributed by atoms with Crippen LogP contribution < -0.4 is 0 Å². The molecule has 0 bridgehead atoms. The number of esters is 1. The van der Waals surface area contributed by atoms with Crippen LogP contribution in [-0.2, 0) is 9.53 Å². The van der Waals surface area contributed by atoms with Gasteiger partial charge in [-0.1, -0.05) is 0 Å². The Kier molecular flexibility index (Phi) is 4.23. The van der Waals surface area contributed by atoms with Crippen molar-refractivity contribution in [1.29, 1.82) is 0 Å². The smallest absolute Gasteiger partial charge is 0.306 e. The van der Waals surface area contributed by atoms with Crippen molar-refractivity contribution in [1.82, 2.24) is 0 Å². The van der Waals surface area contributed by atoms with Crippen LogP contribution in [-0.4, -0.2) is 24.5 Å². The number of nitro groups is 1. The summed E-state index contributed by atoms with van der Waals surface area (Å²) in [5.74, 6) is -0.813. The lowest BCUT2D eigenvalue weighted by atomic mass is 9.99. The van der Waals surface area contributed by atoms with Gasteiger partial charge in [0.1, 0.15) is 0 Å². The van der Waals surface area contributed by atoms with Crippen molar-refractivity contribution in [3.8, 4) is 0 Å². The average Bonchev–Trinajstić information content (AvgIpc) is 2.68. The minimum Gasteiger partial charge on any atom is -0.469 e. The number of carbonyl (C=O) groups is 1. The summed E-state index contributed by atoms with van der Waals surface area (Å²) in [7, 11) is 1.28. The molecule has 0 fully saturated rings. The molecule has 1 unspecified atom stereocenters. The number of nitrogens with zero attached hydrogens (tertiary/aromatic N) is 1. The largest absolute Gasteiger partial charge is 0.469 e. The third kappa shape index (κ3) is 3.67. The van der Waals surface area contributed by atoms with Crippen LogP contribution >= 0.6 is 11.3 Å². The Morgan fingerprint density at radius 1 is 1.73 bits per heavy atom. The number of hydrogen-bond acceptors (Lipinski definition) is 5. The molecule has 0 saturated heterocycles. The van der Waals surface area contributed by atoms with Crippen LogP contribution in [0, 0.1) is 10.1 Å². The first-order valence-corrected chi connectivity index (χ1v) is 5.28. The van der Waals surface area contributed by atoms with Gasteiger partial charge in [-0.2, -0.15) is 11.3 Å². The van der Waals surface area contributed by atoms with E-state index in [4.69, 9.17) is 0 Å². The van der Waals surface area contributed by atoms with Crippen LogP contribution in [0.5, 0.6) is 0 Å². The van der Waals surface area contributed by atoms with Crippen molar-refractivity contribution < 1.29 is 14.5 Å². The summed E-state index contributed by atoms with van der Waals surface area (Å²) in [6.45, 7) is -0.244. The Bertz CT molecular complexity index is 336. The molecule has 0 spiro atoms. The van der Waals surface area contributed by atoms with Crippen LogP contribution in [0.4, 0.5) is 0 Å². The lowest BCUT2D eigenvalue weighted by molar-refractivity contribution is -0.483. The zero-order valence-electron chi connectivity index (χ0n) is 8.21. The summed E-state index contributed by atoms with van der Waals surface area (Å²) >= 11 is 1.45. The predicted octanol–water partition coefficient (Wildman–Crippen LogP) is 1.67. The van der Waals surface area contributed by atoms with Gasteiger partial charge in [0, 0.05) is 4.92 Å². The van der Waals surface area contributed by atoms with Gasteiger partial charge in [0.25, 0.3) is 0 Å². The first kappa shape index (κ1) is 11.6. The number of rotatable bonds is 5. The van der Waals surface area contributed by atoms with Crippen molar-refractivity contribution >= 4 is 17.3 Å². The fourth-order valence-corrected chi connectivity index (χ4v) is 2.00. The molecule has 0 aromatic carbocycles. The molecule has 1 rings (SSSR count). The Hall–Kier alpha value is -1.43. The van der Waals surface area contributed by atoms with Gasteiger partial charge in [-0.25, -0.2) is 0 Å². The van der Waals surface area contributed by atoms with E-state index in [1.165, 1.54) is 18.4 Å². The Morgan fingerprint density at radius 3 is 2.93 bits per heavy atom. The highest BCUT2D eigenvalue weighted by Gasteiger charge is 2.22. The number of methoxy groups -OCH3 is 1. The second kappa shape index (κ2) is 5.45. The van der Waals surface area contributed by atoms with Crippen LogP contribution in [0.25, 0.3) is 0 Å². The van der Waals surface area contributed by atoms with E-state index in [2.05, 4.69) is 4.74 Å². The summed E-state index contributed by atoms with van der Waals surface area (Å²) in [5, 5.41) is 14.1. The molecule has 0 radical (unpaired) electrons. The van der Waals surface area contributed by atoms with E-state index in [1.54, 1.807) is 6.07 Å². The summed E-state index contributed by atoms with van der Waals surface area (Å²) in [6, 6.07) is 1.79. The second-order valence-corrected chi connectivity index (χ2v) is 3.83. The van der Waals surface area contributed by atoms with Gasteiger partial charge in [0.2, 0.25) is 6.54 Å². The number of carbonyl (C=O) groups excluding carboxylic acids is 1. The van der Waals surface area contributed by atoms with E-state index in [9.17, 15) is 14.9 Å². The van der Waals surface area contributed by atoms with Gasteiger partial charge >= 0.3 is 5.97 Å². The Balaban J connectivity index is 2.70. The zero-order valence-corrected chi connectivity index (χ0v) is 9.03. The molecule has 1 aromatic heterocycles. The average molecular weight is 229 g/mol. The summed E-state index contributed by atoms with van der Waals surface area (Å²) in [5.41, 5.74) is 0.821. The Morgan fingerprint density at radius 2 is 2.47 bits per heavy atom. The number of hydrogen-bond donors (Lipinski definition) is 0. The molecule has 0 aliphatic carbocycles. The third-order valence-electron chi connectivity index (χ3n) is 2.02. The first-order valence-electron chi connectivity index (χ1n) is 4.34. The highest BCUT2D eigenvalue weighted by molar-refractivity contribution is 7.07. The second-order valence-electron chi connectivity index (χ2n) is 3.05. The molecule has 6 heteroatoms. The van der Waals surface area contributed by atoms with Crippen LogP contribution in [0.15, 0.2) is 16.8 Å². The minimum atomic E-state index is -0.423. The lowest BCUT2D eigenvalue weighted by Gasteiger charge is -2.09. The van der Waals surface area contributed by atoms with Crippen LogP contribution in [0.1, 0.15) is 17.9 Å². The van der Waals surface area contributed by atoms with Crippen LogP contribution in [0.3, 0.4) is 0 Å². The molecule has 0 aliphatic heterocycles. The normalized spacial score (nSPS) is 12.1. The van der Waals surface area contributed by atoms with Crippen molar-refractivity contribution in [3.63, 3.8) is 0 Å². The maximum atomic E-state index is 11.1. The highest BCUT2D eigenvalue weighted by Crippen LogP contribution is 2.22. The summed E-state index contributed by atoms with van der Waals surface area (Å²) in [6.07, 6.45) is 0.0498. The highest BCUT2D eigenvalue weighted by atomic mass is 32.1. The van der Waals surface area contributed by atoms with Crippen molar-refractivity contribution in [2.75, 3.05) is 13.7 Å². The molecule has 0 saturated carbocycles. The monoisotopic (exact) mass is 229 g/mol. The number of thiophene rings is 1. The Labute approximate surface area is 90.8 Å². The molecule has 1 aromatic rings.